The van der Waals surface area contributed by atoms with Crippen LogP contribution in [0.4, 0.5) is 5.69 Å². The average molecular weight is 418 g/mol. The quantitative estimate of drug-likeness (QED) is 0.582. The zero-order chi connectivity index (χ0) is 21.5. The summed E-state index contributed by atoms with van der Waals surface area (Å²) in [6, 6.07) is 11.6. The standard InChI is InChI=1S/C21H18N6O4/c1-2-31-15-8-6-14(7-9-15)27-20(29)18-19(21(27)30)26(24-23-18)12-13-11-17(28)25-10-4-3-5-16(25)22-13/h3-11,18-19H,2,12H2,1H3. The molecule has 4 heterocycles. The maximum atomic E-state index is 13.1. The molecule has 0 radical (unpaired) electrons. The maximum Gasteiger partial charge on any atom is 0.263 e. The van der Waals surface area contributed by atoms with E-state index >= 15 is 0 Å². The SMILES string of the molecule is CCOc1ccc(N2C(=O)C3N=NN(Cc4cc(=O)n5ccccc5n4)C3C2=O)cc1. The fourth-order valence-electron chi connectivity index (χ4n) is 3.82. The van der Waals surface area contributed by atoms with Crippen molar-refractivity contribution in [3.05, 3.63) is 70.8 Å². The van der Waals surface area contributed by atoms with Gasteiger partial charge in [-0.05, 0) is 43.3 Å². The number of pyridine rings is 1. The molecular weight excluding hydrogens is 400 g/mol. The highest BCUT2D eigenvalue weighted by Gasteiger charge is 2.54. The largest absolute Gasteiger partial charge is 0.494 e. The van der Waals surface area contributed by atoms with E-state index in [4.69, 9.17) is 4.74 Å². The third kappa shape index (κ3) is 3.12. The van der Waals surface area contributed by atoms with Crippen LogP contribution in [-0.2, 0) is 16.1 Å². The first-order valence-electron chi connectivity index (χ1n) is 9.82. The summed E-state index contributed by atoms with van der Waals surface area (Å²) in [5, 5.41) is 9.45. The summed E-state index contributed by atoms with van der Waals surface area (Å²) < 4.78 is 6.84. The van der Waals surface area contributed by atoms with Gasteiger partial charge in [0.1, 0.15) is 11.4 Å². The monoisotopic (exact) mass is 418 g/mol. The second-order valence-electron chi connectivity index (χ2n) is 7.15. The number of fused-ring (bicyclic) bond motifs is 2. The molecule has 3 aromatic rings. The molecule has 1 saturated heterocycles. The number of rotatable bonds is 5. The van der Waals surface area contributed by atoms with Crippen molar-refractivity contribution in [3.63, 3.8) is 0 Å². The Morgan fingerprint density at radius 1 is 1.03 bits per heavy atom. The molecule has 10 heteroatoms. The maximum absolute atomic E-state index is 13.1. The Morgan fingerprint density at radius 2 is 1.84 bits per heavy atom. The Hall–Kier alpha value is -4.08. The zero-order valence-electron chi connectivity index (χ0n) is 16.6. The Bertz CT molecular complexity index is 1270. The molecule has 0 spiro atoms. The molecule has 2 unspecified atom stereocenters. The molecule has 0 bridgehead atoms. The minimum Gasteiger partial charge on any atom is -0.494 e. The second kappa shape index (κ2) is 7.31. The Morgan fingerprint density at radius 3 is 2.61 bits per heavy atom. The van der Waals surface area contributed by atoms with E-state index in [9.17, 15) is 14.4 Å². The minimum absolute atomic E-state index is 0.0848. The van der Waals surface area contributed by atoms with Crippen LogP contribution in [0.3, 0.4) is 0 Å². The molecule has 156 valence electrons. The normalized spacial score (nSPS) is 20.0. The Labute approximate surface area is 176 Å². The molecule has 31 heavy (non-hydrogen) atoms. The van der Waals surface area contributed by atoms with Crippen LogP contribution < -0.4 is 15.2 Å². The molecule has 0 N–H and O–H groups in total. The van der Waals surface area contributed by atoms with Crippen molar-refractivity contribution < 1.29 is 14.3 Å². The predicted octanol–water partition coefficient (Wildman–Crippen LogP) is 1.59. The van der Waals surface area contributed by atoms with Gasteiger partial charge in [0.25, 0.3) is 17.4 Å². The average Bonchev–Trinajstić information content (AvgIpc) is 3.29. The fraction of sp³-hybridized carbons (Fsp3) is 0.238. The summed E-state index contributed by atoms with van der Waals surface area (Å²) in [5.74, 6) is -0.195. The highest BCUT2D eigenvalue weighted by Crippen LogP contribution is 2.33. The van der Waals surface area contributed by atoms with Crippen LogP contribution in [0.25, 0.3) is 5.65 Å². The van der Waals surface area contributed by atoms with E-state index < -0.39 is 23.9 Å². The van der Waals surface area contributed by atoms with E-state index in [-0.39, 0.29) is 12.1 Å². The first-order valence-corrected chi connectivity index (χ1v) is 9.82. The number of nitrogens with zero attached hydrogens (tertiary/aromatic N) is 6. The van der Waals surface area contributed by atoms with Gasteiger partial charge in [-0.2, -0.15) is 5.11 Å². The predicted molar refractivity (Wildman–Crippen MR) is 110 cm³/mol. The number of hydrogen-bond donors (Lipinski definition) is 0. The van der Waals surface area contributed by atoms with E-state index in [2.05, 4.69) is 15.3 Å². The van der Waals surface area contributed by atoms with Crippen molar-refractivity contribution >= 4 is 23.1 Å². The first kappa shape index (κ1) is 18.9. The molecule has 2 aliphatic heterocycles. The van der Waals surface area contributed by atoms with Gasteiger partial charge in [0.05, 0.1) is 24.5 Å². The molecule has 5 rings (SSSR count). The fourth-order valence-corrected chi connectivity index (χ4v) is 3.82. The highest BCUT2D eigenvalue weighted by molar-refractivity contribution is 6.25. The van der Waals surface area contributed by atoms with E-state index in [1.807, 2.05) is 6.92 Å². The van der Waals surface area contributed by atoms with Gasteiger partial charge >= 0.3 is 0 Å². The number of aromatic nitrogens is 2. The van der Waals surface area contributed by atoms with Crippen LogP contribution in [0.1, 0.15) is 12.6 Å². The Balaban J connectivity index is 1.40. The van der Waals surface area contributed by atoms with E-state index in [1.54, 1.807) is 48.7 Å². The Kier molecular flexibility index (Phi) is 4.46. The lowest BCUT2D eigenvalue weighted by Gasteiger charge is -2.20. The van der Waals surface area contributed by atoms with Crippen molar-refractivity contribution in [2.24, 2.45) is 10.3 Å². The molecule has 10 nitrogen and oxygen atoms in total. The van der Waals surface area contributed by atoms with Crippen LogP contribution in [0.5, 0.6) is 5.75 Å². The molecule has 0 saturated carbocycles. The number of imide groups is 1. The van der Waals surface area contributed by atoms with Gasteiger partial charge in [-0.15, -0.1) is 0 Å². The van der Waals surface area contributed by atoms with Crippen molar-refractivity contribution in [1.29, 1.82) is 0 Å². The molecule has 1 fully saturated rings. The molecule has 2 amide bonds. The molecule has 0 aliphatic carbocycles. The number of carbonyl (C=O) groups excluding carboxylic acids is 2. The molecule has 2 aliphatic rings. The lowest BCUT2D eigenvalue weighted by atomic mass is 10.1. The van der Waals surface area contributed by atoms with Crippen molar-refractivity contribution in [2.75, 3.05) is 11.5 Å². The van der Waals surface area contributed by atoms with Crippen LogP contribution in [0.15, 0.2) is 69.9 Å². The van der Waals surface area contributed by atoms with Gasteiger partial charge in [-0.3, -0.25) is 23.8 Å². The first-order chi connectivity index (χ1) is 15.1. The minimum atomic E-state index is -0.916. The van der Waals surface area contributed by atoms with Crippen molar-refractivity contribution in [2.45, 2.75) is 25.6 Å². The summed E-state index contributed by atoms with van der Waals surface area (Å²) in [6.07, 6.45) is 1.63. The third-order valence-corrected chi connectivity index (χ3v) is 5.21. The van der Waals surface area contributed by atoms with Gasteiger partial charge in [0.15, 0.2) is 12.1 Å². The number of amides is 2. The van der Waals surface area contributed by atoms with Crippen LogP contribution in [0, 0.1) is 0 Å². The third-order valence-electron chi connectivity index (χ3n) is 5.21. The summed E-state index contributed by atoms with van der Waals surface area (Å²) in [4.78, 5) is 43.9. The molecule has 1 aromatic carbocycles. The van der Waals surface area contributed by atoms with Crippen LogP contribution in [0.2, 0.25) is 0 Å². The summed E-state index contributed by atoms with van der Waals surface area (Å²) >= 11 is 0. The highest BCUT2D eigenvalue weighted by atomic mass is 16.5. The number of benzene rings is 1. The van der Waals surface area contributed by atoms with Gasteiger partial charge in [-0.25, -0.2) is 9.88 Å². The number of hydrogen-bond acceptors (Lipinski definition) is 8. The smallest absolute Gasteiger partial charge is 0.263 e. The van der Waals surface area contributed by atoms with Gasteiger partial charge < -0.3 is 4.74 Å². The van der Waals surface area contributed by atoms with Gasteiger partial charge in [0, 0.05) is 12.3 Å². The van der Waals surface area contributed by atoms with Gasteiger partial charge in [-0.1, -0.05) is 11.3 Å². The van der Waals surface area contributed by atoms with Crippen LogP contribution >= 0.6 is 0 Å². The number of ether oxygens (including phenoxy) is 1. The topological polar surface area (TPSA) is 109 Å². The molecular formula is C21H18N6O4. The van der Waals surface area contributed by atoms with Crippen LogP contribution in [-0.4, -0.2) is 44.9 Å². The lowest BCUT2D eigenvalue weighted by molar-refractivity contribution is -0.123. The number of anilines is 1. The van der Waals surface area contributed by atoms with E-state index in [0.29, 0.717) is 29.4 Å². The molecule has 2 atom stereocenters. The lowest BCUT2D eigenvalue weighted by Crippen LogP contribution is -2.39. The summed E-state index contributed by atoms with van der Waals surface area (Å²) in [6.45, 7) is 2.48. The van der Waals surface area contributed by atoms with Crippen molar-refractivity contribution in [1.82, 2.24) is 14.4 Å². The molecule has 2 aromatic heterocycles. The zero-order valence-corrected chi connectivity index (χ0v) is 16.6. The van der Waals surface area contributed by atoms with E-state index in [1.165, 1.54) is 15.5 Å². The summed E-state index contributed by atoms with van der Waals surface area (Å²) in [7, 11) is 0. The summed E-state index contributed by atoms with van der Waals surface area (Å²) in [5.41, 5.74) is 1.14. The van der Waals surface area contributed by atoms with Gasteiger partial charge in [0.2, 0.25) is 0 Å². The van der Waals surface area contributed by atoms with Crippen molar-refractivity contribution in [3.8, 4) is 5.75 Å². The van der Waals surface area contributed by atoms with E-state index in [0.717, 1.165) is 4.90 Å². The second-order valence-corrected chi connectivity index (χ2v) is 7.15. The number of carbonyl (C=O) groups is 2.